The molecule has 0 saturated heterocycles. The van der Waals surface area contributed by atoms with Crippen LogP contribution in [-0.2, 0) is 19.9 Å². The van der Waals surface area contributed by atoms with Gasteiger partial charge in [-0.3, -0.25) is 10.1 Å². The fraction of sp³-hybridized carbons (Fsp3) is 0.480. The van der Waals surface area contributed by atoms with E-state index in [0.717, 1.165) is 19.2 Å². The molecule has 1 aromatic carbocycles. The molecule has 2 N–H and O–H groups in total. The highest BCUT2D eigenvalue weighted by molar-refractivity contribution is 5.83. The largest absolute Gasteiger partial charge is 0.467 e. The highest BCUT2D eigenvalue weighted by atomic mass is 19.4. The Morgan fingerprint density at radius 3 is 2.21 bits per heavy atom. The summed E-state index contributed by atoms with van der Waals surface area (Å²) in [5, 5.41) is 23.7. The Morgan fingerprint density at radius 1 is 1.15 bits per heavy atom. The Bertz CT molecular complexity index is 1200. The standard InChI is InChI=1S/C23H25F4N3O7.C2H6/c1-12-8-13(6-7-15(12)24)16-9-14(18(19(31)36-5)29-20(32)37-21(2,3)4)10-17(28-16)22(33,11-30(34)35)23(25,26)27;1-2/h6-10,18,33H,11H2,1-5H3,(H,29,32);1-2H3. The van der Waals surface area contributed by atoms with Crippen molar-refractivity contribution in [3.05, 3.63) is 63.1 Å². The third-order valence-corrected chi connectivity index (χ3v) is 4.98. The highest BCUT2D eigenvalue weighted by Gasteiger charge is 2.60. The van der Waals surface area contributed by atoms with Gasteiger partial charge in [0.1, 0.15) is 11.4 Å². The Morgan fingerprint density at radius 2 is 1.74 bits per heavy atom. The Labute approximate surface area is 222 Å². The summed E-state index contributed by atoms with van der Waals surface area (Å²) in [5.41, 5.74) is -6.83. The van der Waals surface area contributed by atoms with E-state index in [1.165, 1.54) is 39.8 Å². The van der Waals surface area contributed by atoms with Crippen LogP contribution >= 0.6 is 0 Å². The minimum absolute atomic E-state index is 0.0634. The van der Waals surface area contributed by atoms with E-state index in [1.54, 1.807) is 0 Å². The number of alkyl carbamates (subject to hydrolysis) is 1. The van der Waals surface area contributed by atoms with Gasteiger partial charge in [0.25, 0.3) is 5.60 Å². The number of aromatic nitrogens is 1. The van der Waals surface area contributed by atoms with Crippen LogP contribution < -0.4 is 5.32 Å². The zero-order chi connectivity index (χ0) is 30.3. The number of aryl methyl sites for hydroxylation is 1. The number of hydrogen-bond acceptors (Lipinski definition) is 8. The number of rotatable bonds is 7. The molecule has 0 aliphatic heterocycles. The lowest BCUT2D eigenvalue weighted by molar-refractivity contribution is -0.519. The highest BCUT2D eigenvalue weighted by Crippen LogP contribution is 2.40. The molecule has 0 saturated carbocycles. The van der Waals surface area contributed by atoms with E-state index in [-0.39, 0.29) is 22.4 Å². The predicted octanol–water partition coefficient (Wildman–Crippen LogP) is 4.99. The first kappa shape index (κ1) is 33.2. The van der Waals surface area contributed by atoms with Gasteiger partial charge in [-0.25, -0.2) is 19.0 Å². The van der Waals surface area contributed by atoms with E-state index < -0.39 is 58.5 Å². The molecule has 0 fully saturated rings. The molecular weight excluding hydrogens is 530 g/mol. The topological polar surface area (TPSA) is 141 Å². The van der Waals surface area contributed by atoms with Gasteiger partial charge >= 0.3 is 18.2 Å². The molecule has 2 unspecified atom stereocenters. The van der Waals surface area contributed by atoms with Crippen molar-refractivity contribution >= 4 is 12.1 Å². The van der Waals surface area contributed by atoms with Gasteiger partial charge in [0.2, 0.25) is 6.54 Å². The number of nitro groups is 1. The molecule has 1 heterocycles. The monoisotopic (exact) mass is 561 g/mol. The van der Waals surface area contributed by atoms with Crippen LogP contribution in [0.15, 0.2) is 30.3 Å². The Hall–Kier alpha value is -3.81. The fourth-order valence-electron chi connectivity index (χ4n) is 3.21. The number of benzene rings is 1. The number of halogens is 4. The maximum Gasteiger partial charge on any atom is 0.429 e. The second-order valence-corrected chi connectivity index (χ2v) is 9.09. The van der Waals surface area contributed by atoms with Gasteiger partial charge in [0.05, 0.1) is 18.5 Å². The van der Waals surface area contributed by atoms with Gasteiger partial charge in [0.15, 0.2) is 6.04 Å². The van der Waals surface area contributed by atoms with Crippen LogP contribution in [0.25, 0.3) is 11.3 Å². The first-order chi connectivity index (χ1) is 17.9. The number of pyridine rings is 1. The molecule has 2 aromatic rings. The lowest BCUT2D eigenvalue weighted by Crippen LogP contribution is -2.48. The summed E-state index contributed by atoms with van der Waals surface area (Å²) < 4.78 is 65.4. The average Bonchev–Trinajstić information content (AvgIpc) is 2.82. The van der Waals surface area contributed by atoms with Crippen LogP contribution in [0.2, 0.25) is 0 Å². The molecule has 2 rings (SSSR count). The number of esters is 1. The van der Waals surface area contributed by atoms with E-state index in [4.69, 9.17) is 4.74 Å². The molecule has 39 heavy (non-hydrogen) atoms. The molecule has 2 atom stereocenters. The van der Waals surface area contributed by atoms with Crippen LogP contribution in [0, 0.1) is 22.9 Å². The predicted molar refractivity (Wildman–Crippen MR) is 132 cm³/mol. The van der Waals surface area contributed by atoms with Crippen molar-refractivity contribution in [3.8, 4) is 11.3 Å². The van der Waals surface area contributed by atoms with Crippen LogP contribution in [0.5, 0.6) is 0 Å². The van der Waals surface area contributed by atoms with E-state index in [0.29, 0.717) is 6.07 Å². The molecule has 216 valence electrons. The summed E-state index contributed by atoms with van der Waals surface area (Å²) in [4.78, 5) is 38.4. The number of carbonyl (C=O) groups excluding carboxylic acids is 2. The maximum absolute atomic E-state index is 13.9. The Balaban J connectivity index is 0.00000371. The zero-order valence-electron chi connectivity index (χ0n) is 22.5. The average molecular weight is 562 g/mol. The van der Waals surface area contributed by atoms with Gasteiger partial charge < -0.3 is 19.9 Å². The first-order valence-corrected chi connectivity index (χ1v) is 11.6. The van der Waals surface area contributed by atoms with E-state index >= 15 is 0 Å². The minimum Gasteiger partial charge on any atom is -0.467 e. The molecule has 0 radical (unpaired) electrons. The molecule has 1 amide bonds. The van der Waals surface area contributed by atoms with Gasteiger partial charge in [-0.2, -0.15) is 13.2 Å². The quantitative estimate of drug-likeness (QED) is 0.209. The van der Waals surface area contributed by atoms with Crippen molar-refractivity contribution in [3.63, 3.8) is 0 Å². The molecule has 0 bridgehead atoms. The zero-order valence-corrected chi connectivity index (χ0v) is 22.5. The lowest BCUT2D eigenvalue weighted by Gasteiger charge is -2.28. The number of ether oxygens (including phenoxy) is 2. The van der Waals surface area contributed by atoms with Crippen molar-refractivity contribution in [2.24, 2.45) is 0 Å². The molecule has 1 aromatic heterocycles. The molecule has 0 aliphatic carbocycles. The maximum atomic E-state index is 13.9. The second-order valence-electron chi connectivity index (χ2n) is 9.09. The van der Waals surface area contributed by atoms with Gasteiger partial charge in [-0.05, 0) is 69.2 Å². The normalized spacial score (nSPS) is 13.7. The summed E-state index contributed by atoms with van der Waals surface area (Å²) >= 11 is 0. The van der Waals surface area contributed by atoms with Crippen molar-refractivity contribution in [2.75, 3.05) is 13.7 Å². The summed E-state index contributed by atoms with van der Waals surface area (Å²) in [7, 11) is 0.956. The fourth-order valence-corrected chi connectivity index (χ4v) is 3.21. The first-order valence-electron chi connectivity index (χ1n) is 11.6. The van der Waals surface area contributed by atoms with Crippen molar-refractivity contribution < 1.29 is 46.7 Å². The van der Waals surface area contributed by atoms with Crippen LogP contribution in [0.1, 0.15) is 57.5 Å². The molecular formula is C25H31F4N3O7. The number of carbonyl (C=O) groups is 2. The summed E-state index contributed by atoms with van der Waals surface area (Å²) in [5.74, 6) is -1.76. The van der Waals surface area contributed by atoms with E-state index in [9.17, 15) is 42.4 Å². The van der Waals surface area contributed by atoms with Crippen LogP contribution in [0.4, 0.5) is 22.4 Å². The number of hydrogen-bond donors (Lipinski definition) is 2. The molecule has 0 aliphatic rings. The van der Waals surface area contributed by atoms with Crippen LogP contribution in [0.3, 0.4) is 0 Å². The van der Waals surface area contributed by atoms with Gasteiger partial charge in [0, 0.05) is 10.5 Å². The number of nitrogens with one attached hydrogen (secondary N) is 1. The summed E-state index contributed by atoms with van der Waals surface area (Å²) in [6.45, 7) is 7.96. The number of amides is 1. The summed E-state index contributed by atoms with van der Waals surface area (Å²) in [6.07, 6.45) is -6.70. The minimum atomic E-state index is -5.57. The van der Waals surface area contributed by atoms with Gasteiger partial charge in [-0.15, -0.1) is 0 Å². The van der Waals surface area contributed by atoms with Gasteiger partial charge in [-0.1, -0.05) is 13.8 Å². The van der Waals surface area contributed by atoms with E-state index in [2.05, 4.69) is 15.0 Å². The third kappa shape index (κ3) is 8.60. The van der Waals surface area contributed by atoms with Crippen LogP contribution in [-0.4, -0.2) is 52.5 Å². The molecule has 0 spiro atoms. The van der Waals surface area contributed by atoms with Crippen molar-refractivity contribution in [1.82, 2.24) is 10.3 Å². The third-order valence-electron chi connectivity index (χ3n) is 4.98. The summed E-state index contributed by atoms with van der Waals surface area (Å²) in [6, 6.07) is 3.35. The van der Waals surface area contributed by atoms with Crippen molar-refractivity contribution in [1.29, 1.82) is 0 Å². The molecule has 14 heteroatoms. The number of alkyl halides is 3. The number of methoxy groups -OCH3 is 1. The molecule has 10 nitrogen and oxygen atoms in total. The number of nitrogens with zero attached hydrogens (tertiary/aromatic N) is 2. The second kappa shape index (κ2) is 12.8. The van der Waals surface area contributed by atoms with E-state index in [1.807, 2.05) is 13.8 Å². The smallest absolute Gasteiger partial charge is 0.429 e. The lowest BCUT2D eigenvalue weighted by atomic mass is 9.93. The SMILES string of the molecule is CC.COC(=O)C(NC(=O)OC(C)(C)C)c1cc(-c2ccc(F)c(C)c2)nc(C(O)(C[N+](=O)[O-])C(F)(F)F)c1. The number of aliphatic hydroxyl groups is 1. The van der Waals surface area contributed by atoms with Crippen molar-refractivity contribution in [2.45, 2.75) is 65.0 Å². The Kier molecular flexibility index (Phi) is 10.9.